The first-order chi connectivity index (χ1) is 17.1. The molecule has 3 aromatic rings. The van der Waals surface area contributed by atoms with E-state index in [1.165, 1.54) is 17.7 Å². The SMILES string of the molecule is Cn1cnc2c1C(C(=O)NCCc1cccc(F)c1)N(Cc1ccccc1)CC2.O=C(O)C(F)(F)F. The molecule has 1 amide bonds. The second-order valence-electron chi connectivity index (χ2n) is 8.27. The quantitative estimate of drug-likeness (QED) is 0.499. The van der Waals surface area contributed by atoms with Crippen molar-refractivity contribution in [2.45, 2.75) is 31.6 Å². The van der Waals surface area contributed by atoms with Gasteiger partial charge in [0.2, 0.25) is 5.91 Å². The highest BCUT2D eigenvalue weighted by Crippen LogP contribution is 2.30. The lowest BCUT2D eigenvalue weighted by molar-refractivity contribution is -0.192. The second-order valence-corrected chi connectivity index (χ2v) is 8.27. The van der Waals surface area contributed by atoms with E-state index in [-0.39, 0.29) is 17.8 Å². The van der Waals surface area contributed by atoms with Gasteiger partial charge in [0, 0.05) is 33.1 Å². The van der Waals surface area contributed by atoms with Gasteiger partial charge >= 0.3 is 12.1 Å². The number of aromatic nitrogens is 2. The second kappa shape index (κ2) is 11.8. The van der Waals surface area contributed by atoms with Crippen LogP contribution in [0.25, 0.3) is 0 Å². The van der Waals surface area contributed by atoms with E-state index >= 15 is 0 Å². The third kappa shape index (κ3) is 7.14. The average molecular weight is 507 g/mol. The van der Waals surface area contributed by atoms with Crippen molar-refractivity contribution in [2.75, 3.05) is 13.1 Å². The number of aryl methyl sites for hydroxylation is 1. The number of carboxylic acid groups (broad SMARTS) is 1. The summed E-state index contributed by atoms with van der Waals surface area (Å²) in [5, 5.41) is 10.2. The van der Waals surface area contributed by atoms with Gasteiger partial charge in [-0.3, -0.25) is 9.69 Å². The van der Waals surface area contributed by atoms with Gasteiger partial charge in [-0.1, -0.05) is 42.5 Å². The molecule has 0 bridgehead atoms. The lowest BCUT2D eigenvalue weighted by Crippen LogP contribution is -2.45. The Morgan fingerprint density at radius 1 is 1.11 bits per heavy atom. The maximum Gasteiger partial charge on any atom is 0.490 e. The van der Waals surface area contributed by atoms with Crippen molar-refractivity contribution in [1.29, 1.82) is 0 Å². The zero-order chi connectivity index (χ0) is 26.3. The van der Waals surface area contributed by atoms with Gasteiger partial charge in [-0.25, -0.2) is 14.2 Å². The zero-order valence-electron chi connectivity index (χ0n) is 19.5. The average Bonchev–Trinajstić information content (AvgIpc) is 3.20. The van der Waals surface area contributed by atoms with Crippen LogP contribution in [0.3, 0.4) is 0 Å². The molecule has 36 heavy (non-hydrogen) atoms. The number of nitrogens with one attached hydrogen (secondary N) is 1. The fourth-order valence-electron chi connectivity index (χ4n) is 3.98. The molecule has 1 aromatic heterocycles. The Morgan fingerprint density at radius 3 is 2.42 bits per heavy atom. The van der Waals surface area contributed by atoms with E-state index in [4.69, 9.17) is 9.90 Å². The van der Waals surface area contributed by atoms with E-state index in [2.05, 4.69) is 27.3 Å². The van der Waals surface area contributed by atoms with Crippen LogP contribution in [-0.4, -0.2) is 50.7 Å². The van der Waals surface area contributed by atoms with Crippen LogP contribution < -0.4 is 5.32 Å². The number of fused-ring (bicyclic) bond motifs is 1. The molecule has 1 atom stereocenters. The largest absolute Gasteiger partial charge is 0.490 e. The molecular formula is C25H26F4N4O3. The Balaban J connectivity index is 0.000000454. The van der Waals surface area contributed by atoms with Gasteiger partial charge in [0.15, 0.2) is 0 Å². The minimum atomic E-state index is -5.08. The fourth-order valence-corrected chi connectivity index (χ4v) is 3.98. The van der Waals surface area contributed by atoms with Crippen LogP contribution in [0, 0.1) is 5.82 Å². The topological polar surface area (TPSA) is 87.5 Å². The number of carbonyl (C=O) groups is 2. The predicted octanol–water partition coefficient (Wildman–Crippen LogP) is 3.65. The van der Waals surface area contributed by atoms with Crippen molar-refractivity contribution in [2.24, 2.45) is 7.05 Å². The minimum absolute atomic E-state index is 0.0399. The van der Waals surface area contributed by atoms with Crippen molar-refractivity contribution in [1.82, 2.24) is 19.8 Å². The number of amides is 1. The van der Waals surface area contributed by atoms with E-state index in [1.54, 1.807) is 12.4 Å². The molecule has 2 N–H and O–H groups in total. The number of alkyl halides is 3. The van der Waals surface area contributed by atoms with Crippen molar-refractivity contribution >= 4 is 11.9 Å². The fraction of sp³-hybridized carbons (Fsp3) is 0.320. The third-order valence-corrected chi connectivity index (χ3v) is 5.64. The molecule has 11 heteroatoms. The van der Waals surface area contributed by atoms with Crippen molar-refractivity contribution in [3.8, 4) is 0 Å². The summed E-state index contributed by atoms with van der Waals surface area (Å²) in [4.78, 5) is 28.8. The Bertz CT molecular complexity index is 1180. The zero-order valence-corrected chi connectivity index (χ0v) is 19.5. The highest BCUT2D eigenvalue weighted by atomic mass is 19.4. The van der Waals surface area contributed by atoms with Crippen LogP contribution in [0.15, 0.2) is 60.9 Å². The first-order valence-electron chi connectivity index (χ1n) is 11.2. The molecule has 0 saturated heterocycles. The number of imidazole rings is 1. The van der Waals surface area contributed by atoms with Crippen LogP contribution in [0.4, 0.5) is 17.6 Å². The Morgan fingerprint density at radius 2 is 1.78 bits per heavy atom. The number of halogens is 4. The summed E-state index contributed by atoms with van der Waals surface area (Å²) in [5.41, 5.74) is 3.99. The van der Waals surface area contributed by atoms with Gasteiger partial charge < -0.3 is 15.0 Å². The van der Waals surface area contributed by atoms with Crippen LogP contribution >= 0.6 is 0 Å². The van der Waals surface area contributed by atoms with Gasteiger partial charge in [0.25, 0.3) is 0 Å². The summed E-state index contributed by atoms with van der Waals surface area (Å²) >= 11 is 0. The van der Waals surface area contributed by atoms with E-state index in [9.17, 15) is 22.4 Å². The molecular weight excluding hydrogens is 480 g/mol. The van der Waals surface area contributed by atoms with E-state index in [1.807, 2.05) is 35.9 Å². The number of carboxylic acids is 1. The molecule has 1 aliphatic heterocycles. The van der Waals surface area contributed by atoms with E-state index < -0.39 is 12.1 Å². The molecule has 0 spiro atoms. The maximum atomic E-state index is 13.4. The van der Waals surface area contributed by atoms with Crippen molar-refractivity contribution in [3.63, 3.8) is 0 Å². The van der Waals surface area contributed by atoms with Gasteiger partial charge in [0.05, 0.1) is 17.7 Å². The molecule has 0 radical (unpaired) electrons. The molecule has 7 nitrogen and oxygen atoms in total. The number of hydrogen-bond donors (Lipinski definition) is 2. The van der Waals surface area contributed by atoms with E-state index in [0.29, 0.717) is 19.5 Å². The van der Waals surface area contributed by atoms with E-state index in [0.717, 1.165) is 29.9 Å². The summed E-state index contributed by atoms with van der Waals surface area (Å²) in [6, 6.07) is 16.3. The Kier molecular flexibility index (Phi) is 8.81. The summed E-state index contributed by atoms with van der Waals surface area (Å²) < 4.78 is 47.1. The molecule has 0 fully saturated rings. The predicted molar refractivity (Wildman–Crippen MR) is 123 cm³/mol. The van der Waals surface area contributed by atoms with Gasteiger partial charge in [-0.2, -0.15) is 13.2 Å². The molecule has 4 rings (SSSR count). The number of carbonyl (C=O) groups excluding carboxylic acids is 1. The Hall–Kier alpha value is -3.73. The number of aliphatic carboxylic acids is 1. The standard InChI is InChI=1S/C23H25FN4O.C2HF3O2/c1-27-16-26-20-11-13-28(15-18-6-3-2-4-7-18)22(21(20)27)23(29)25-12-10-17-8-5-9-19(24)14-17;3-2(4,5)1(6)7/h2-9,14,16,22H,10-13,15H2,1H3,(H,25,29);(H,6,7). The van der Waals surface area contributed by atoms with Gasteiger partial charge in [0.1, 0.15) is 11.9 Å². The Labute approximate surface area is 205 Å². The van der Waals surface area contributed by atoms with Crippen LogP contribution in [0.5, 0.6) is 0 Å². The molecule has 0 aliphatic carbocycles. The van der Waals surface area contributed by atoms with Crippen LogP contribution in [0.2, 0.25) is 0 Å². The summed E-state index contributed by atoms with van der Waals surface area (Å²) in [7, 11) is 1.94. The lowest BCUT2D eigenvalue weighted by atomic mass is 10.00. The number of hydrogen-bond acceptors (Lipinski definition) is 4. The normalized spacial score (nSPS) is 15.4. The maximum absolute atomic E-state index is 13.4. The van der Waals surface area contributed by atoms with Crippen molar-refractivity contribution < 1.29 is 32.3 Å². The monoisotopic (exact) mass is 506 g/mol. The summed E-state index contributed by atoms with van der Waals surface area (Å²) in [5.74, 6) is -3.05. The number of nitrogens with zero attached hydrogens (tertiary/aromatic N) is 3. The molecule has 1 aliphatic rings. The van der Waals surface area contributed by atoms with Crippen LogP contribution in [-0.2, 0) is 36.0 Å². The summed E-state index contributed by atoms with van der Waals surface area (Å²) in [6.45, 7) is 1.94. The molecule has 0 saturated carbocycles. The highest BCUT2D eigenvalue weighted by molar-refractivity contribution is 5.83. The molecule has 1 unspecified atom stereocenters. The minimum Gasteiger partial charge on any atom is -0.475 e. The first kappa shape index (κ1) is 26.9. The lowest BCUT2D eigenvalue weighted by Gasteiger charge is -2.35. The number of benzene rings is 2. The highest BCUT2D eigenvalue weighted by Gasteiger charge is 2.38. The van der Waals surface area contributed by atoms with Gasteiger partial charge in [-0.15, -0.1) is 0 Å². The van der Waals surface area contributed by atoms with Crippen molar-refractivity contribution in [3.05, 3.63) is 89.3 Å². The smallest absolute Gasteiger partial charge is 0.475 e. The molecule has 192 valence electrons. The van der Waals surface area contributed by atoms with Gasteiger partial charge in [-0.05, 0) is 29.7 Å². The molecule has 2 aromatic carbocycles. The number of rotatable bonds is 6. The third-order valence-electron chi connectivity index (χ3n) is 5.64. The van der Waals surface area contributed by atoms with Crippen LogP contribution in [0.1, 0.15) is 28.6 Å². The molecule has 2 heterocycles. The summed E-state index contributed by atoms with van der Waals surface area (Å²) in [6.07, 6.45) is -1.88. The first-order valence-corrected chi connectivity index (χ1v) is 11.2.